The summed E-state index contributed by atoms with van der Waals surface area (Å²) in [6.45, 7) is 8.97. The third-order valence-electron chi connectivity index (χ3n) is 6.20. The maximum Gasteiger partial charge on any atom is 0.269 e. The normalized spacial score (nSPS) is 18.9. The van der Waals surface area contributed by atoms with Gasteiger partial charge in [-0.15, -0.1) is 0 Å². The monoisotopic (exact) mass is 429 g/mol. The quantitative estimate of drug-likeness (QED) is 0.606. The van der Waals surface area contributed by atoms with Crippen molar-refractivity contribution in [3.63, 3.8) is 0 Å². The van der Waals surface area contributed by atoms with Crippen molar-refractivity contribution in [1.82, 2.24) is 20.1 Å². The molecule has 2 fully saturated rings. The van der Waals surface area contributed by atoms with Crippen LogP contribution in [0.15, 0.2) is 18.2 Å². The highest BCUT2D eigenvalue weighted by Gasteiger charge is 2.29. The molecule has 2 saturated heterocycles. The van der Waals surface area contributed by atoms with Crippen molar-refractivity contribution in [3.8, 4) is 0 Å². The van der Waals surface area contributed by atoms with E-state index in [9.17, 15) is 14.4 Å². The third kappa shape index (κ3) is 5.95. The highest BCUT2D eigenvalue weighted by Crippen LogP contribution is 2.23. The van der Waals surface area contributed by atoms with Gasteiger partial charge in [-0.3, -0.25) is 14.4 Å². The Labute approximate surface area is 185 Å². The second-order valence-corrected chi connectivity index (χ2v) is 8.27. The lowest BCUT2D eigenvalue weighted by Gasteiger charge is -2.35. The molecule has 0 bridgehead atoms. The number of rotatable bonds is 9. The van der Waals surface area contributed by atoms with Crippen molar-refractivity contribution < 1.29 is 14.4 Å². The second-order valence-electron chi connectivity index (χ2n) is 8.27. The van der Waals surface area contributed by atoms with Gasteiger partial charge in [0.05, 0.1) is 5.92 Å². The van der Waals surface area contributed by atoms with Crippen molar-refractivity contribution in [3.05, 3.63) is 23.9 Å². The Bertz CT molecular complexity index is 780. The Morgan fingerprint density at radius 1 is 1.19 bits per heavy atom. The number of piperidine rings is 1. The molecule has 1 aromatic heterocycles. The summed E-state index contributed by atoms with van der Waals surface area (Å²) in [5.41, 5.74) is 0.381. The van der Waals surface area contributed by atoms with Gasteiger partial charge >= 0.3 is 0 Å². The predicted molar refractivity (Wildman–Crippen MR) is 120 cm³/mol. The Morgan fingerprint density at radius 3 is 2.71 bits per heavy atom. The van der Waals surface area contributed by atoms with E-state index in [-0.39, 0.29) is 23.6 Å². The van der Waals surface area contributed by atoms with Crippen molar-refractivity contribution in [2.24, 2.45) is 5.92 Å². The smallest absolute Gasteiger partial charge is 0.269 e. The van der Waals surface area contributed by atoms with E-state index in [2.05, 4.69) is 15.2 Å². The molecule has 1 atom stereocenters. The summed E-state index contributed by atoms with van der Waals surface area (Å²) in [6, 6.07) is 5.46. The molecule has 1 N–H and O–H groups in total. The Kier molecular flexibility index (Phi) is 8.26. The first-order chi connectivity index (χ1) is 15.0. The number of nitrogens with zero attached hydrogens (tertiary/aromatic N) is 4. The number of amides is 3. The van der Waals surface area contributed by atoms with E-state index in [1.54, 1.807) is 6.07 Å². The van der Waals surface area contributed by atoms with Gasteiger partial charge in [0.2, 0.25) is 11.8 Å². The fraction of sp³-hybridized carbons (Fsp3) is 0.652. The van der Waals surface area contributed by atoms with Crippen LogP contribution in [0.5, 0.6) is 0 Å². The summed E-state index contributed by atoms with van der Waals surface area (Å²) < 4.78 is 0. The van der Waals surface area contributed by atoms with Crippen LogP contribution in [0.3, 0.4) is 0 Å². The number of carbonyl (C=O) groups is 3. The van der Waals surface area contributed by atoms with Crippen LogP contribution in [0.25, 0.3) is 0 Å². The van der Waals surface area contributed by atoms with Gasteiger partial charge in [0.1, 0.15) is 11.5 Å². The van der Waals surface area contributed by atoms with E-state index in [0.29, 0.717) is 31.7 Å². The third-order valence-corrected chi connectivity index (χ3v) is 6.20. The first-order valence-corrected chi connectivity index (χ1v) is 11.6. The van der Waals surface area contributed by atoms with Gasteiger partial charge in [-0.25, -0.2) is 4.98 Å². The molecule has 1 aromatic rings. The van der Waals surface area contributed by atoms with Crippen LogP contribution in [-0.4, -0.2) is 78.3 Å². The number of nitrogens with one attached hydrogen (secondary N) is 1. The van der Waals surface area contributed by atoms with Gasteiger partial charge < -0.3 is 20.0 Å². The van der Waals surface area contributed by atoms with Gasteiger partial charge in [-0.1, -0.05) is 6.07 Å². The maximum atomic E-state index is 12.8. The van der Waals surface area contributed by atoms with Crippen molar-refractivity contribution in [1.29, 1.82) is 0 Å². The van der Waals surface area contributed by atoms with Gasteiger partial charge in [0.25, 0.3) is 5.91 Å². The van der Waals surface area contributed by atoms with E-state index in [4.69, 9.17) is 0 Å². The molecule has 3 heterocycles. The number of aromatic nitrogens is 1. The molecule has 0 saturated carbocycles. The molecule has 3 amide bonds. The molecule has 2 aliphatic rings. The molecular formula is C23H35N5O3. The summed E-state index contributed by atoms with van der Waals surface area (Å²) >= 11 is 0. The number of hydrogen-bond acceptors (Lipinski definition) is 5. The number of hydrogen-bond donors (Lipinski definition) is 1. The molecular weight excluding hydrogens is 394 g/mol. The minimum absolute atomic E-state index is 0.0266. The van der Waals surface area contributed by atoms with Gasteiger partial charge in [0.15, 0.2) is 0 Å². The molecule has 2 aliphatic heterocycles. The zero-order chi connectivity index (χ0) is 22.2. The maximum absolute atomic E-state index is 12.8. The summed E-state index contributed by atoms with van der Waals surface area (Å²) in [5.74, 6) is 0.927. The second kappa shape index (κ2) is 11.1. The highest BCUT2D eigenvalue weighted by molar-refractivity contribution is 5.92. The van der Waals surface area contributed by atoms with E-state index in [0.717, 1.165) is 57.7 Å². The topological polar surface area (TPSA) is 85.9 Å². The summed E-state index contributed by atoms with van der Waals surface area (Å²) in [4.78, 5) is 47.4. The van der Waals surface area contributed by atoms with Crippen LogP contribution in [0, 0.1) is 5.92 Å². The Morgan fingerprint density at radius 2 is 2.00 bits per heavy atom. The largest absolute Gasteiger partial charge is 0.356 e. The molecule has 31 heavy (non-hydrogen) atoms. The molecule has 0 spiro atoms. The summed E-state index contributed by atoms with van der Waals surface area (Å²) in [5, 5.41) is 2.91. The SMILES string of the molecule is CCN(CC)C(=O)C1CCCN(c2cccc(C(=O)NCCCN3CCCC3=O)n2)C1. The molecule has 0 aliphatic carbocycles. The van der Waals surface area contributed by atoms with E-state index >= 15 is 0 Å². The predicted octanol–water partition coefficient (Wildman–Crippen LogP) is 1.91. The van der Waals surface area contributed by atoms with Crippen molar-refractivity contribution in [2.45, 2.75) is 46.0 Å². The summed E-state index contributed by atoms with van der Waals surface area (Å²) in [7, 11) is 0. The average Bonchev–Trinajstić information content (AvgIpc) is 3.22. The van der Waals surface area contributed by atoms with E-state index in [1.807, 2.05) is 35.8 Å². The van der Waals surface area contributed by atoms with Crippen LogP contribution >= 0.6 is 0 Å². The first-order valence-electron chi connectivity index (χ1n) is 11.6. The summed E-state index contributed by atoms with van der Waals surface area (Å²) in [6.07, 6.45) is 4.13. The minimum Gasteiger partial charge on any atom is -0.356 e. The number of carbonyl (C=O) groups excluding carboxylic acids is 3. The molecule has 0 aromatic carbocycles. The van der Waals surface area contributed by atoms with E-state index in [1.165, 1.54) is 0 Å². The van der Waals surface area contributed by atoms with Crippen molar-refractivity contribution >= 4 is 23.5 Å². The van der Waals surface area contributed by atoms with Crippen LogP contribution in [0.2, 0.25) is 0 Å². The lowest BCUT2D eigenvalue weighted by Crippen LogP contribution is -2.45. The standard InChI is InChI=1S/C23H35N5O3/c1-3-26(4-2)23(31)18-9-6-15-28(17-18)20-11-5-10-19(25-20)22(30)24-13-8-16-27-14-7-12-21(27)29/h5,10-11,18H,3-4,6-9,12-17H2,1-2H3,(H,24,30). The van der Waals surface area contributed by atoms with Crippen molar-refractivity contribution in [2.75, 3.05) is 50.7 Å². The highest BCUT2D eigenvalue weighted by atomic mass is 16.2. The molecule has 170 valence electrons. The lowest BCUT2D eigenvalue weighted by molar-refractivity contribution is -0.135. The molecule has 8 heteroatoms. The number of anilines is 1. The minimum atomic E-state index is -0.206. The zero-order valence-corrected chi connectivity index (χ0v) is 18.8. The van der Waals surface area contributed by atoms with Gasteiger partial charge in [0, 0.05) is 52.2 Å². The van der Waals surface area contributed by atoms with Crippen LogP contribution in [0.1, 0.15) is 56.4 Å². The Hall–Kier alpha value is -2.64. The number of pyridine rings is 1. The molecule has 0 radical (unpaired) electrons. The fourth-order valence-corrected chi connectivity index (χ4v) is 4.41. The van der Waals surface area contributed by atoms with Gasteiger partial charge in [-0.2, -0.15) is 0 Å². The lowest BCUT2D eigenvalue weighted by atomic mass is 9.96. The average molecular weight is 430 g/mol. The number of likely N-dealkylation sites (tertiary alicyclic amines) is 1. The fourth-order valence-electron chi connectivity index (χ4n) is 4.41. The van der Waals surface area contributed by atoms with E-state index < -0.39 is 0 Å². The van der Waals surface area contributed by atoms with Crippen LogP contribution in [-0.2, 0) is 9.59 Å². The Balaban J connectivity index is 1.53. The van der Waals surface area contributed by atoms with Gasteiger partial charge in [-0.05, 0) is 51.7 Å². The molecule has 1 unspecified atom stereocenters. The van der Waals surface area contributed by atoms with Crippen LogP contribution < -0.4 is 10.2 Å². The first kappa shape index (κ1) is 23.0. The zero-order valence-electron chi connectivity index (χ0n) is 18.8. The van der Waals surface area contributed by atoms with Crippen LogP contribution in [0.4, 0.5) is 5.82 Å². The molecule has 3 rings (SSSR count). The molecule has 8 nitrogen and oxygen atoms in total.